The summed E-state index contributed by atoms with van der Waals surface area (Å²) in [6.07, 6.45) is 5.03. The zero-order valence-corrected chi connectivity index (χ0v) is 13.3. The van der Waals surface area contributed by atoms with E-state index in [1.54, 1.807) is 42.5 Å². The van der Waals surface area contributed by atoms with Crippen LogP contribution in [-0.2, 0) is 17.9 Å². The normalized spacial score (nSPS) is 10.5. The Balaban J connectivity index is 1.58. The Hall–Kier alpha value is -2.99. The van der Waals surface area contributed by atoms with Gasteiger partial charge in [0.15, 0.2) is 5.82 Å². The first-order valence-corrected chi connectivity index (χ1v) is 7.57. The van der Waals surface area contributed by atoms with E-state index in [1.165, 1.54) is 0 Å². The van der Waals surface area contributed by atoms with E-state index in [9.17, 15) is 4.79 Å². The molecule has 0 aliphatic carbocycles. The van der Waals surface area contributed by atoms with Gasteiger partial charge in [-0.3, -0.25) is 4.79 Å². The van der Waals surface area contributed by atoms with Gasteiger partial charge >= 0.3 is 0 Å². The van der Waals surface area contributed by atoms with Crippen molar-refractivity contribution in [3.63, 3.8) is 0 Å². The number of nitrogens with zero attached hydrogens (tertiary/aromatic N) is 3. The summed E-state index contributed by atoms with van der Waals surface area (Å²) in [5.41, 5.74) is 2.65. The maximum atomic E-state index is 12.2. The van der Waals surface area contributed by atoms with E-state index in [4.69, 9.17) is 4.74 Å². The molecular weight excluding hydrogens is 304 g/mol. The molecule has 0 aliphatic heterocycles. The summed E-state index contributed by atoms with van der Waals surface area (Å²) >= 11 is 0. The molecule has 122 valence electrons. The van der Waals surface area contributed by atoms with Crippen LogP contribution in [0.5, 0.6) is 0 Å². The fraction of sp³-hybridized carbons (Fsp3) is 0.167. The highest BCUT2D eigenvalue weighted by molar-refractivity contribution is 5.93. The van der Waals surface area contributed by atoms with Crippen molar-refractivity contribution in [3.8, 4) is 5.82 Å². The zero-order valence-electron chi connectivity index (χ0n) is 13.3. The number of benzene rings is 1. The number of amides is 1. The van der Waals surface area contributed by atoms with Crippen molar-refractivity contribution in [2.45, 2.75) is 13.2 Å². The molecule has 0 saturated heterocycles. The van der Waals surface area contributed by atoms with E-state index in [2.05, 4.69) is 15.4 Å². The van der Waals surface area contributed by atoms with Crippen molar-refractivity contribution >= 4 is 5.91 Å². The molecule has 6 heteroatoms. The minimum atomic E-state index is -0.157. The van der Waals surface area contributed by atoms with Gasteiger partial charge in [-0.2, -0.15) is 5.10 Å². The SMILES string of the molecule is COCc1ccc(CNC(=O)c2ccc(-n3cccn3)nc2)cc1. The average molecular weight is 322 g/mol. The number of carbonyl (C=O) groups is 1. The van der Waals surface area contributed by atoms with Gasteiger partial charge in [0, 0.05) is 32.2 Å². The molecule has 1 N–H and O–H groups in total. The maximum absolute atomic E-state index is 12.2. The second kappa shape index (κ2) is 7.52. The first-order chi connectivity index (χ1) is 11.8. The molecule has 24 heavy (non-hydrogen) atoms. The number of hydrogen-bond donors (Lipinski definition) is 1. The highest BCUT2D eigenvalue weighted by Gasteiger charge is 2.07. The largest absolute Gasteiger partial charge is 0.380 e. The third-order valence-corrected chi connectivity index (χ3v) is 3.54. The summed E-state index contributed by atoms with van der Waals surface area (Å²) in [5.74, 6) is 0.515. The summed E-state index contributed by atoms with van der Waals surface area (Å²) in [5, 5.41) is 6.99. The Morgan fingerprint density at radius 3 is 2.58 bits per heavy atom. The van der Waals surface area contributed by atoms with Gasteiger partial charge in [0.05, 0.1) is 12.2 Å². The Labute approximate surface area is 140 Å². The molecule has 3 rings (SSSR count). The lowest BCUT2D eigenvalue weighted by molar-refractivity contribution is 0.0950. The van der Waals surface area contributed by atoms with Crippen LogP contribution >= 0.6 is 0 Å². The van der Waals surface area contributed by atoms with Crippen molar-refractivity contribution in [2.24, 2.45) is 0 Å². The zero-order chi connectivity index (χ0) is 16.8. The molecule has 0 unspecified atom stereocenters. The third-order valence-electron chi connectivity index (χ3n) is 3.54. The smallest absolute Gasteiger partial charge is 0.253 e. The van der Waals surface area contributed by atoms with E-state index in [1.807, 2.05) is 30.3 Å². The van der Waals surface area contributed by atoms with E-state index in [-0.39, 0.29) is 5.91 Å². The molecule has 1 aromatic carbocycles. The number of hydrogen-bond acceptors (Lipinski definition) is 4. The van der Waals surface area contributed by atoms with Crippen LogP contribution in [0, 0.1) is 0 Å². The van der Waals surface area contributed by atoms with Gasteiger partial charge in [-0.15, -0.1) is 0 Å². The summed E-state index contributed by atoms with van der Waals surface area (Å²) in [7, 11) is 1.67. The van der Waals surface area contributed by atoms with Gasteiger partial charge < -0.3 is 10.1 Å². The monoisotopic (exact) mass is 322 g/mol. The lowest BCUT2D eigenvalue weighted by atomic mass is 10.1. The molecule has 3 aromatic rings. The predicted molar refractivity (Wildman–Crippen MR) is 89.7 cm³/mol. The van der Waals surface area contributed by atoms with E-state index >= 15 is 0 Å². The summed E-state index contributed by atoms with van der Waals surface area (Å²) in [6, 6.07) is 13.3. The lowest BCUT2D eigenvalue weighted by Gasteiger charge is -2.07. The van der Waals surface area contributed by atoms with Crippen LogP contribution in [0.25, 0.3) is 5.82 Å². The predicted octanol–water partition coefficient (Wildman–Crippen LogP) is 2.34. The minimum absolute atomic E-state index is 0.157. The van der Waals surface area contributed by atoms with Crippen LogP contribution in [0.4, 0.5) is 0 Å². The number of aromatic nitrogens is 3. The molecule has 6 nitrogen and oxygen atoms in total. The second-order valence-electron chi connectivity index (χ2n) is 5.29. The van der Waals surface area contributed by atoms with Crippen LogP contribution in [0.1, 0.15) is 21.5 Å². The highest BCUT2D eigenvalue weighted by Crippen LogP contribution is 2.07. The van der Waals surface area contributed by atoms with Gasteiger partial charge in [0.2, 0.25) is 0 Å². The molecule has 2 heterocycles. The van der Waals surface area contributed by atoms with Crippen LogP contribution in [-0.4, -0.2) is 27.8 Å². The number of pyridine rings is 1. The second-order valence-corrected chi connectivity index (χ2v) is 5.29. The third kappa shape index (κ3) is 3.85. The van der Waals surface area contributed by atoms with Crippen LogP contribution < -0.4 is 5.32 Å². The first-order valence-electron chi connectivity index (χ1n) is 7.57. The fourth-order valence-electron chi connectivity index (χ4n) is 2.26. The van der Waals surface area contributed by atoms with Crippen molar-refractivity contribution < 1.29 is 9.53 Å². The average Bonchev–Trinajstić information content (AvgIpc) is 3.16. The van der Waals surface area contributed by atoms with Crippen molar-refractivity contribution in [1.29, 1.82) is 0 Å². The summed E-state index contributed by atoms with van der Waals surface area (Å²) in [4.78, 5) is 16.4. The Morgan fingerprint density at radius 1 is 1.17 bits per heavy atom. The summed E-state index contributed by atoms with van der Waals surface area (Å²) < 4.78 is 6.72. The van der Waals surface area contributed by atoms with Crippen molar-refractivity contribution in [3.05, 3.63) is 77.7 Å². The van der Waals surface area contributed by atoms with E-state index in [0.29, 0.717) is 24.5 Å². The first kappa shape index (κ1) is 15.9. The fourth-order valence-corrected chi connectivity index (χ4v) is 2.26. The number of methoxy groups -OCH3 is 1. The Kier molecular flexibility index (Phi) is 4.98. The molecule has 0 bridgehead atoms. The standard InChI is InChI=1S/C18H18N4O2/c1-24-13-15-5-3-14(4-6-15)11-20-18(23)16-7-8-17(19-12-16)22-10-2-9-21-22/h2-10,12H,11,13H2,1H3,(H,20,23). The molecule has 0 aliphatic rings. The molecule has 1 amide bonds. The van der Waals surface area contributed by atoms with Gasteiger partial charge in [-0.25, -0.2) is 9.67 Å². The van der Waals surface area contributed by atoms with Crippen LogP contribution in [0.15, 0.2) is 61.1 Å². The molecule has 0 fully saturated rings. The summed E-state index contributed by atoms with van der Waals surface area (Å²) in [6.45, 7) is 1.05. The number of nitrogens with one attached hydrogen (secondary N) is 1. The van der Waals surface area contributed by atoms with Gasteiger partial charge in [-0.1, -0.05) is 24.3 Å². The number of ether oxygens (including phenoxy) is 1. The van der Waals surface area contributed by atoms with Crippen LogP contribution in [0.2, 0.25) is 0 Å². The molecule has 0 saturated carbocycles. The van der Waals surface area contributed by atoms with Crippen molar-refractivity contribution in [2.75, 3.05) is 7.11 Å². The van der Waals surface area contributed by atoms with Gasteiger partial charge in [-0.05, 0) is 29.3 Å². The molecule has 0 radical (unpaired) electrons. The number of carbonyl (C=O) groups excluding carboxylic acids is 1. The quantitative estimate of drug-likeness (QED) is 0.756. The maximum Gasteiger partial charge on any atom is 0.253 e. The topological polar surface area (TPSA) is 69.0 Å². The molecule has 0 spiro atoms. The molecule has 2 aromatic heterocycles. The number of rotatable bonds is 6. The Morgan fingerprint density at radius 2 is 1.96 bits per heavy atom. The van der Waals surface area contributed by atoms with Crippen LogP contribution in [0.3, 0.4) is 0 Å². The van der Waals surface area contributed by atoms with E-state index < -0.39 is 0 Å². The lowest BCUT2D eigenvalue weighted by Crippen LogP contribution is -2.23. The highest BCUT2D eigenvalue weighted by atomic mass is 16.5. The minimum Gasteiger partial charge on any atom is -0.380 e. The van der Waals surface area contributed by atoms with Gasteiger partial charge in [0.1, 0.15) is 0 Å². The molecular formula is C18H18N4O2. The van der Waals surface area contributed by atoms with E-state index in [0.717, 1.165) is 11.1 Å². The van der Waals surface area contributed by atoms with Gasteiger partial charge in [0.25, 0.3) is 5.91 Å². The Bertz CT molecular complexity index is 781. The molecule has 0 atom stereocenters. The van der Waals surface area contributed by atoms with Crippen molar-refractivity contribution in [1.82, 2.24) is 20.1 Å².